The number of hydrogen-bond acceptors (Lipinski definition) is 10. The van der Waals surface area contributed by atoms with E-state index in [0.29, 0.717) is 49.4 Å². The second-order valence-corrected chi connectivity index (χ2v) is 31.3. The van der Waals surface area contributed by atoms with Crippen molar-refractivity contribution in [2.45, 2.75) is 285 Å². The minimum atomic E-state index is 0.578. The molecule has 6 heterocycles. The van der Waals surface area contributed by atoms with E-state index in [9.17, 15) is 0 Å². The molecular formula is C104H124N6O4. The van der Waals surface area contributed by atoms with E-state index in [4.69, 9.17) is 38.9 Å². The van der Waals surface area contributed by atoms with Gasteiger partial charge in [-0.2, -0.15) is 0 Å². The largest absolute Gasteiger partial charge is 0.492 e. The average Bonchev–Trinajstić information content (AvgIpc) is 0.772. The highest BCUT2D eigenvalue weighted by Crippen LogP contribution is 2.34. The second-order valence-electron chi connectivity index (χ2n) is 31.3. The van der Waals surface area contributed by atoms with Gasteiger partial charge in [-0.1, -0.05) is 355 Å². The third kappa shape index (κ3) is 27.4. The molecule has 0 N–H and O–H groups in total. The summed E-state index contributed by atoms with van der Waals surface area (Å²) in [6.07, 6.45) is 60.9. The maximum atomic E-state index is 6.77. The summed E-state index contributed by atoms with van der Waals surface area (Å²) in [6, 6.07) is 37.2. The van der Waals surface area contributed by atoms with Gasteiger partial charge in [0.15, 0.2) is 0 Å². The van der Waals surface area contributed by atoms with Gasteiger partial charge in [-0.05, 0) is 62.1 Å². The number of benzene rings is 5. The van der Waals surface area contributed by atoms with Crippen LogP contribution in [0.2, 0.25) is 0 Å². The van der Waals surface area contributed by atoms with Crippen LogP contribution in [0, 0.1) is 47.4 Å². The van der Waals surface area contributed by atoms with Gasteiger partial charge >= 0.3 is 0 Å². The molecule has 0 aliphatic rings. The fraction of sp³-hybridized carbons (Fsp3) is 0.462. The lowest BCUT2D eigenvalue weighted by molar-refractivity contribution is 0.295. The van der Waals surface area contributed by atoms with Crippen molar-refractivity contribution in [3.8, 4) is 70.4 Å². The summed E-state index contributed by atoms with van der Waals surface area (Å²) in [5.74, 6) is 30.8. The van der Waals surface area contributed by atoms with Crippen LogP contribution < -0.4 is 18.9 Å². The molecule has 0 saturated carbocycles. The molecule has 0 atom stereocenters. The molecule has 11 rings (SSSR count). The Kier molecular flexibility index (Phi) is 36.4. The van der Waals surface area contributed by atoms with E-state index >= 15 is 0 Å². The van der Waals surface area contributed by atoms with Crippen molar-refractivity contribution in [3.63, 3.8) is 0 Å². The standard InChI is InChI=1S/C104H124N6O4/c1-5-9-13-17-21-25-29-33-37-41-65-111-95-75-89(97(113-67-43-39-35-31-27-23-19-15-11-7-3)73-87(95)53-49-81-69-91-59-57-85-47-45-63-105-99(85)101(91)107-77-81)55-51-83-71-93-61-62-94-72-84(80-110-104(94)103(93)109-79-83)52-56-90-76-96(112-66-42-38-34-30-26-22-18-14-10-6-2)88(74-98(90)114-68-44-40-36-32-28-24-20-16-12-8-4)54-50-82-70-92-60-58-86-48-46-64-106-100(86)102(92)108-78-82/h45-48,57-64,69-80H,5-44,65-68H2,1-4H3. The highest BCUT2D eigenvalue weighted by atomic mass is 16.5. The van der Waals surface area contributed by atoms with Gasteiger partial charge in [-0.3, -0.25) is 29.9 Å². The highest BCUT2D eigenvalue weighted by Gasteiger charge is 2.16. The predicted molar refractivity (Wildman–Crippen MR) is 477 cm³/mol. The summed E-state index contributed by atoms with van der Waals surface area (Å²) >= 11 is 0. The smallest absolute Gasteiger partial charge is 0.136 e. The zero-order valence-corrected chi connectivity index (χ0v) is 69.3. The van der Waals surface area contributed by atoms with Gasteiger partial charge in [0, 0.05) is 116 Å². The van der Waals surface area contributed by atoms with E-state index in [-0.39, 0.29) is 0 Å². The van der Waals surface area contributed by atoms with Gasteiger partial charge < -0.3 is 18.9 Å². The van der Waals surface area contributed by atoms with Crippen LogP contribution in [-0.4, -0.2) is 56.3 Å². The van der Waals surface area contributed by atoms with E-state index in [2.05, 4.69) is 158 Å². The van der Waals surface area contributed by atoms with Crippen LogP contribution in [0.5, 0.6) is 23.0 Å². The fourth-order valence-corrected chi connectivity index (χ4v) is 15.2. The van der Waals surface area contributed by atoms with Crippen molar-refractivity contribution in [3.05, 3.63) is 191 Å². The molecule has 0 saturated heterocycles. The van der Waals surface area contributed by atoms with Gasteiger partial charge in [-0.25, -0.2) is 0 Å². The molecule has 11 aromatic rings. The summed E-state index contributed by atoms with van der Waals surface area (Å²) in [4.78, 5) is 29.2. The Morgan fingerprint density at radius 2 is 0.412 bits per heavy atom. The molecule has 0 spiro atoms. The lowest BCUT2D eigenvalue weighted by atomic mass is 10.1. The van der Waals surface area contributed by atoms with Crippen LogP contribution in [0.15, 0.2) is 146 Å². The number of rotatable bonds is 48. The average molecular weight is 1520 g/mol. The molecule has 0 unspecified atom stereocenters. The molecular weight excluding hydrogens is 1400 g/mol. The summed E-state index contributed by atoms with van der Waals surface area (Å²) in [5, 5.41) is 5.99. The van der Waals surface area contributed by atoms with E-state index < -0.39 is 0 Å². The van der Waals surface area contributed by atoms with Crippen molar-refractivity contribution >= 4 is 65.4 Å². The van der Waals surface area contributed by atoms with Crippen molar-refractivity contribution in [1.29, 1.82) is 0 Å². The van der Waals surface area contributed by atoms with Gasteiger partial charge in [0.05, 0.1) is 81.8 Å². The number of pyridine rings is 6. The van der Waals surface area contributed by atoms with E-state index in [1.165, 1.54) is 205 Å². The molecule has 0 fully saturated rings. The number of fused-ring (bicyclic) bond motifs is 9. The third-order valence-electron chi connectivity index (χ3n) is 21.9. The van der Waals surface area contributed by atoms with Crippen LogP contribution in [-0.2, 0) is 0 Å². The summed E-state index contributed by atoms with van der Waals surface area (Å²) in [7, 11) is 0. The molecule has 5 aromatic carbocycles. The first-order valence-corrected chi connectivity index (χ1v) is 44.4. The highest BCUT2D eigenvalue weighted by molar-refractivity contribution is 6.05. The summed E-state index contributed by atoms with van der Waals surface area (Å²) in [5.41, 5.74) is 11.3. The normalized spacial score (nSPS) is 11.2. The van der Waals surface area contributed by atoms with Gasteiger partial charge in [-0.15, -0.1) is 0 Å². The van der Waals surface area contributed by atoms with Crippen LogP contribution in [0.25, 0.3) is 65.4 Å². The van der Waals surface area contributed by atoms with E-state index in [1.54, 1.807) is 0 Å². The topological polar surface area (TPSA) is 114 Å². The Labute approximate surface area is 682 Å². The zero-order valence-electron chi connectivity index (χ0n) is 69.3. The number of hydrogen-bond donors (Lipinski definition) is 0. The van der Waals surface area contributed by atoms with Crippen LogP contribution >= 0.6 is 0 Å². The minimum absolute atomic E-state index is 0.578. The Bertz CT molecular complexity index is 4780. The van der Waals surface area contributed by atoms with Crippen molar-refractivity contribution in [2.75, 3.05) is 26.4 Å². The maximum absolute atomic E-state index is 6.77. The van der Waals surface area contributed by atoms with E-state index in [1.807, 2.05) is 73.6 Å². The Morgan fingerprint density at radius 1 is 0.211 bits per heavy atom. The number of unbranched alkanes of at least 4 members (excludes halogenated alkanes) is 36. The molecule has 10 nitrogen and oxygen atoms in total. The SMILES string of the molecule is CCCCCCCCCCCCOc1cc(C#Cc2cnc3c(ccc4cc(C#Cc5cc(OCCCCCCCCCCCC)c(C#Cc6cnc7c(ccc8cccnc87)c6)cc5OCCCCCCCCCCCC)cnc43)c2)c(OCCCCCCCCCCCC)cc1C#Cc1cnc2c(ccc3cccnc32)c1. The molecule has 6 aromatic heterocycles. The maximum Gasteiger partial charge on any atom is 0.136 e. The lowest BCUT2D eigenvalue weighted by Crippen LogP contribution is -2.03. The summed E-state index contributed by atoms with van der Waals surface area (Å²) in [6.45, 7) is 11.4. The molecule has 114 heavy (non-hydrogen) atoms. The van der Waals surface area contributed by atoms with E-state index in [0.717, 1.165) is 161 Å². The Balaban J connectivity index is 0.856. The first-order chi connectivity index (χ1) is 56.4. The van der Waals surface area contributed by atoms with Gasteiger partial charge in [0.25, 0.3) is 0 Å². The first-order valence-electron chi connectivity index (χ1n) is 44.4. The Hall–Kier alpha value is -10.0. The molecule has 10 heteroatoms. The molecule has 0 amide bonds. The number of nitrogens with zero attached hydrogens (tertiary/aromatic N) is 6. The van der Waals surface area contributed by atoms with Crippen LogP contribution in [0.3, 0.4) is 0 Å². The van der Waals surface area contributed by atoms with Crippen LogP contribution in [0.4, 0.5) is 0 Å². The molecule has 594 valence electrons. The summed E-state index contributed by atoms with van der Waals surface area (Å²) < 4.78 is 27.0. The molecule has 0 bridgehead atoms. The zero-order chi connectivity index (χ0) is 78.7. The lowest BCUT2D eigenvalue weighted by Gasteiger charge is -2.14. The minimum Gasteiger partial charge on any atom is -0.492 e. The van der Waals surface area contributed by atoms with Crippen molar-refractivity contribution in [1.82, 2.24) is 29.9 Å². The third-order valence-corrected chi connectivity index (χ3v) is 21.9. The van der Waals surface area contributed by atoms with Gasteiger partial charge in [0.1, 0.15) is 23.0 Å². The van der Waals surface area contributed by atoms with Crippen LogP contribution in [0.1, 0.15) is 329 Å². The molecule has 0 radical (unpaired) electrons. The van der Waals surface area contributed by atoms with Crippen molar-refractivity contribution < 1.29 is 18.9 Å². The molecule has 0 aliphatic heterocycles. The van der Waals surface area contributed by atoms with Crippen molar-refractivity contribution in [2.24, 2.45) is 0 Å². The first kappa shape index (κ1) is 84.9. The fourth-order valence-electron chi connectivity index (χ4n) is 15.2. The quantitative estimate of drug-likeness (QED) is 0.0207. The second kappa shape index (κ2) is 48.9. The predicted octanol–water partition coefficient (Wildman–Crippen LogP) is 27.8. The van der Waals surface area contributed by atoms with Gasteiger partial charge in [0.2, 0.25) is 0 Å². The Morgan fingerprint density at radius 3 is 0.640 bits per heavy atom. The number of ether oxygens (including phenoxy) is 4. The number of aromatic nitrogens is 6. The monoisotopic (exact) mass is 1520 g/mol. The molecule has 0 aliphatic carbocycles.